The number of benzene rings is 2. The molecule has 0 heterocycles. The highest BCUT2D eigenvalue weighted by atomic mass is 127. The second-order valence-corrected chi connectivity index (χ2v) is 6.38. The molecule has 0 aliphatic carbocycles. The third kappa shape index (κ3) is 5.23. The van der Waals surface area contributed by atoms with Crippen LogP contribution in [0.1, 0.15) is 29.3 Å². The molecule has 0 saturated heterocycles. The van der Waals surface area contributed by atoms with Gasteiger partial charge in [-0.15, -0.1) is 0 Å². The average molecular weight is 439 g/mol. The van der Waals surface area contributed by atoms with Crippen molar-refractivity contribution in [2.75, 3.05) is 11.9 Å². The summed E-state index contributed by atoms with van der Waals surface area (Å²) in [4.78, 5) is 23.2. The van der Waals surface area contributed by atoms with Crippen molar-refractivity contribution in [3.8, 4) is 5.75 Å². The Labute approximate surface area is 154 Å². The van der Waals surface area contributed by atoms with Gasteiger partial charge in [-0.1, -0.05) is 19.1 Å². The molecular formula is C18H18INO4. The molecule has 0 radical (unpaired) electrons. The Hall–Kier alpha value is -2.09. The second-order valence-electron chi connectivity index (χ2n) is 5.14. The molecule has 2 N–H and O–H groups in total. The molecule has 0 bridgehead atoms. The lowest BCUT2D eigenvalue weighted by atomic mass is 10.1. The number of carbonyl (C=O) groups excluding carboxylic acids is 1. The van der Waals surface area contributed by atoms with Gasteiger partial charge < -0.3 is 15.2 Å². The average Bonchev–Trinajstić information content (AvgIpc) is 2.57. The Kier molecular flexibility index (Phi) is 6.60. The zero-order valence-electron chi connectivity index (χ0n) is 13.2. The van der Waals surface area contributed by atoms with Crippen LogP contribution in [0.2, 0.25) is 0 Å². The molecule has 0 unspecified atom stereocenters. The minimum Gasteiger partial charge on any atom is -0.493 e. The highest BCUT2D eigenvalue weighted by Gasteiger charge is 2.13. The van der Waals surface area contributed by atoms with Crippen molar-refractivity contribution < 1.29 is 19.4 Å². The summed E-state index contributed by atoms with van der Waals surface area (Å²) < 4.78 is 6.33. The predicted octanol–water partition coefficient (Wildman–Crippen LogP) is 3.96. The zero-order valence-corrected chi connectivity index (χ0v) is 15.4. The van der Waals surface area contributed by atoms with Gasteiger partial charge in [-0.3, -0.25) is 4.79 Å². The fourth-order valence-corrected chi connectivity index (χ4v) is 2.59. The van der Waals surface area contributed by atoms with Crippen molar-refractivity contribution in [1.29, 1.82) is 0 Å². The van der Waals surface area contributed by atoms with E-state index in [9.17, 15) is 14.7 Å². The summed E-state index contributed by atoms with van der Waals surface area (Å²) in [6, 6.07) is 12.6. The Morgan fingerprint density at radius 1 is 1.17 bits per heavy atom. The molecule has 2 rings (SSSR count). The number of carboxylic acid groups (broad SMARTS) is 1. The van der Waals surface area contributed by atoms with Crippen LogP contribution < -0.4 is 10.1 Å². The van der Waals surface area contributed by atoms with Gasteiger partial charge in [-0.05, 0) is 64.9 Å². The van der Waals surface area contributed by atoms with Gasteiger partial charge in [0, 0.05) is 3.57 Å². The summed E-state index contributed by atoms with van der Waals surface area (Å²) in [5, 5.41) is 11.8. The summed E-state index contributed by atoms with van der Waals surface area (Å²) in [5.41, 5.74) is 1.59. The topological polar surface area (TPSA) is 75.6 Å². The van der Waals surface area contributed by atoms with Crippen LogP contribution in [0, 0.1) is 3.57 Å². The number of nitrogens with one attached hydrogen (secondary N) is 1. The van der Waals surface area contributed by atoms with Gasteiger partial charge >= 0.3 is 5.97 Å². The standard InChI is InChI=1S/C18H18INO4/c1-2-12-3-6-14(7-4-12)24-10-9-17(21)20-16-8-5-13(19)11-15(16)18(22)23/h3-8,11H,2,9-10H2,1H3,(H,20,21)(H,22,23). The van der Waals surface area contributed by atoms with Crippen LogP contribution in [0.3, 0.4) is 0 Å². The highest BCUT2D eigenvalue weighted by Crippen LogP contribution is 2.19. The minimum absolute atomic E-state index is 0.0753. The van der Waals surface area contributed by atoms with E-state index in [0.29, 0.717) is 11.4 Å². The van der Waals surface area contributed by atoms with E-state index in [1.165, 1.54) is 11.6 Å². The Morgan fingerprint density at radius 2 is 1.88 bits per heavy atom. The lowest BCUT2D eigenvalue weighted by molar-refractivity contribution is -0.116. The van der Waals surface area contributed by atoms with Gasteiger partial charge in [-0.25, -0.2) is 4.79 Å². The van der Waals surface area contributed by atoms with Crippen molar-refractivity contribution in [3.63, 3.8) is 0 Å². The molecule has 0 spiro atoms. The van der Waals surface area contributed by atoms with E-state index in [1.54, 1.807) is 12.1 Å². The van der Waals surface area contributed by atoms with Crippen molar-refractivity contribution >= 4 is 40.2 Å². The summed E-state index contributed by atoms with van der Waals surface area (Å²) >= 11 is 2.03. The van der Waals surface area contributed by atoms with Crippen molar-refractivity contribution in [1.82, 2.24) is 0 Å². The van der Waals surface area contributed by atoms with Crippen molar-refractivity contribution in [3.05, 3.63) is 57.2 Å². The predicted molar refractivity (Wildman–Crippen MR) is 101 cm³/mol. The van der Waals surface area contributed by atoms with Crippen LogP contribution in [0.25, 0.3) is 0 Å². The quantitative estimate of drug-likeness (QED) is 0.641. The Balaban J connectivity index is 1.88. The smallest absolute Gasteiger partial charge is 0.337 e. The number of hydrogen-bond acceptors (Lipinski definition) is 3. The van der Waals surface area contributed by atoms with E-state index in [-0.39, 0.29) is 24.5 Å². The normalized spacial score (nSPS) is 10.2. The van der Waals surface area contributed by atoms with E-state index in [0.717, 1.165) is 9.99 Å². The van der Waals surface area contributed by atoms with Crippen molar-refractivity contribution in [2.24, 2.45) is 0 Å². The molecule has 0 saturated carbocycles. The maximum absolute atomic E-state index is 12.0. The van der Waals surface area contributed by atoms with E-state index < -0.39 is 5.97 Å². The summed E-state index contributed by atoms with van der Waals surface area (Å²) in [6.07, 6.45) is 1.10. The Morgan fingerprint density at radius 3 is 2.50 bits per heavy atom. The molecule has 24 heavy (non-hydrogen) atoms. The van der Waals surface area contributed by atoms with Gasteiger partial charge in [-0.2, -0.15) is 0 Å². The molecule has 0 aromatic heterocycles. The van der Waals surface area contributed by atoms with Crippen molar-refractivity contribution in [2.45, 2.75) is 19.8 Å². The van der Waals surface area contributed by atoms with Crippen LogP contribution in [0.4, 0.5) is 5.69 Å². The highest BCUT2D eigenvalue weighted by molar-refractivity contribution is 14.1. The molecule has 0 aliphatic rings. The van der Waals surface area contributed by atoms with Gasteiger partial charge in [0.15, 0.2) is 0 Å². The number of halogens is 1. The number of ether oxygens (including phenoxy) is 1. The first-order valence-electron chi connectivity index (χ1n) is 7.54. The molecule has 0 aliphatic heterocycles. The van der Waals surface area contributed by atoms with Gasteiger partial charge in [0.25, 0.3) is 0 Å². The molecule has 2 aromatic carbocycles. The number of aryl methyl sites for hydroxylation is 1. The third-order valence-electron chi connectivity index (χ3n) is 3.42. The maximum Gasteiger partial charge on any atom is 0.337 e. The van der Waals surface area contributed by atoms with E-state index >= 15 is 0 Å². The van der Waals surface area contributed by atoms with Gasteiger partial charge in [0.05, 0.1) is 24.3 Å². The number of aromatic carboxylic acids is 1. The number of carboxylic acids is 1. The maximum atomic E-state index is 12.0. The van der Waals surface area contributed by atoms with Crippen LogP contribution in [0.15, 0.2) is 42.5 Å². The summed E-state index contributed by atoms with van der Waals surface area (Å²) in [5.74, 6) is -0.652. The van der Waals surface area contributed by atoms with E-state index in [4.69, 9.17) is 4.74 Å². The molecule has 0 atom stereocenters. The van der Waals surface area contributed by atoms with Crippen LogP contribution >= 0.6 is 22.6 Å². The van der Waals surface area contributed by atoms with Crippen LogP contribution in [0.5, 0.6) is 5.75 Å². The lowest BCUT2D eigenvalue weighted by Crippen LogP contribution is -2.17. The minimum atomic E-state index is -1.07. The molecule has 5 nitrogen and oxygen atoms in total. The number of carbonyl (C=O) groups is 2. The zero-order chi connectivity index (χ0) is 17.5. The van der Waals surface area contributed by atoms with E-state index in [2.05, 4.69) is 12.2 Å². The molecule has 1 amide bonds. The number of rotatable bonds is 7. The molecule has 6 heteroatoms. The first kappa shape index (κ1) is 18.3. The second kappa shape index (κ2) is 8.68. The van der Waals surface area contributed by atoms with Gasteiger partial charge in [0.1, 0.15) is 5.75 Å². The first-order valence-corrected chi connectivity index (χ1v) is 8.62. The Bertz CT molecular complexity index is 728. The first-order chi connectivity index (χ1) is 11.5. The number of amides is 1. The third-order valence-corrected chi connectivity index (χ3v) is 4.09. The van der Waals surface area contributed by atoms with Gasteiger partial charge in [0.2, 0.25) is 5.91 Å². The molecule has 2 aromatic rings. The summed E-state index contributed by atoms with van der Waals surface area (Å²) in [6.45, 7) is 2.31. The van der Waals surface area contributed by atoms with Crippen LogP contribution in [-0.2, 0) is 11.2 Å². The largest absolute Gasteiger partial charge is 0.493 e. The fraction of sp³-hybridized carbons (Fsp3) is 0.222. The van der Waals surface area contributed by atoms with Crippen LogP contribution in [-0.4, -0.2) is 23.6 Å². The summed E-state index contributed by atoms with van der Waals surface area (Å²) in [7, 11) is 0. The fourth-order valence-electron chi connectivity index (χ4n) is 2.10. The lowest BCUT2D eigenvalue weighted by Gasteiger charge is -2.10. The monoisotopic (exact) mass is 439 g/mol. The SMILES string of the molecule is CCc1ccc(OCCC(=O)Nc2ccc(I)cc2C(=O)O)cc1. The number of anilines is 1. The molecule has 0 fully saturated rings. The molecule has 126 valence electrons. The molecular weight excluding hydrogens is 421 g/mol. The number of hydrogen-bond donors (Lipinski definition) is 2. The van der Waals surface area contributed by atoms with E-state index in [1.807, 2.05) is 46.9 Å².